The number of aromatic nitrogens is 14. The Morgan fingerprint density at radius 3 is 1.06 bits per heavy atom. The third kappa shape index (κ3) is 44.8. The number of aromatic amines is 1. The molecule has 2 aromatic carbocycles. The van der Waals surface area contributed by atoms with E-state index in [1.54, 1.807) is 85.9 Å². The third-order valence-electron chi connectivity index (χ3n) is 20.7. The van der Waals surface area contributed by atoms with Gasteiger partial charge >= 0.3 is 36.3 Å². The maximum Gasteiger partial charge on any atom is 0.407 e. The third-order valence-corrected chi connectivity index (χ3v) is 21.3. The molecule has 0 aliphatic heterocycles. The van der Waals surface area contributed by atoms with Crippen molar-refractivity contribution in [1.82, 2.24) is 96.0 Å². The van der Waals surface area contributed by atoms with Crippen LogP contribution in [0.1, 0.15) is 274 Å². The first-order chi connectivity index (χ1) is 67.6. The van der Waals surface area contributed by atoms with Crippen molar-refractivity contribution in [3.05, 3.63) is 192 Å². The summed E-state index contributed by atoms with van der Waals surface area (Å²) >= 11 is 0.250. The molecule has 8 aromatic heterocycles. The first-order valence-corrected chi connectivity index (χ1v) is 48.8. The smallest absolute Gasteiger partial charge is 0.407 e. The standard InChI is InChI=1S/C18H18N4O3.C13H21N3O3.2C13H19N3O3.C10H19NO5S.C10H7NO3.C8H13N3O.C4H4N2O.C4H8O2.CH3FS.CH4O.ClH/c23-11-13-6-7-22(20-13)15-8-14(9-15)19-18(24)16-10-17(25-21-16)12-4-2-1-3-5-12;3*1-13(2,3)19-12(18)14-10-6-11(7-10)16-5-4-9(8-17)15-16;1-10(2,3)15-9(12)11-7-5-8(6-7)16-17(4,13)14;12-10(13)8-6-9(14-11-8)7-4-2-1-3-5-7;9-6-3-8(4-6)11-2-1-7(5-12)10-11;7-3-4-1-2-5-6-4;1-3-6-4(2)5;1-3-2;1-2;/h1-7,10,14-15,23H,8-9,11H2,(H,19,24);4-5,10-11,17H,6-8H2,1-3H3,(H,14,18);2*4-5,8,10-11H,6-7H2,1-3H3,(H,14,18);7-8H,5-6H2,1-4H3,(H,11,12);1-6H,(H,12,13);1-2,6,8,12H,3-5,9H2;1-3H,(H,5,6);3H2,1-2H3;1H3;2H,1H3;1H. The average Bonchev–Trinajstić information content (AvgIpc) is 1.57. The highest BCUT2D eigenvalue weighted by Crippen LogP contribution is 2.37. The summed E-state index contributed by atoms with van der Waals surface area (Å²) in [5, 5.41) is 90.8. The van der Waals surface area contributed by atoms with E-state index in [0.717, 1.165) is 107 Å². The zero-order chi connectivity index (χ0) is 106. The van der Waals surface area contributed by atoms with Crippen molar-refractivity contribution in [1.29, 1.82) is 0 Å². The largest absolute Gasteiger partial charge is 0.476 e. The molecule has 792 valence electrons. The summed E-state index contributed by atoms with van der Waals surface area (Å²) in [6.45, 7) is 25.4. The lowest BCUT2D eigenvalue weighted by molar-refractivity contribution is -0.140. The van der Waals surface area contributed by atoms with Crippen molar-refractivity contribution in [2.45, 2.75) is 289 Å². The first kappa shape index (κ1) is 121. The van der Waals surface area contributed by atoms with Crippen molar-refractivity contribution in [2.75, 3.05) is 26.2 Å². The minimum atomic E-state index is -3.41. The summed E-state index contributed by atoms with van der Waals surface area (Å²) in [5.74, 6) is -0.493. The van der Waals surface area contributed by atoms with Gasteiger partial charge < -0.3 is 90.6 Å². The number of aldehydes is 3. The summed E-state index contributed by atoms with van der Waals surface area (Å²) in [4.78, 5) is 110. The number of carbonyl (C=O) groups excluding carboxylic acids is 9. The number of hydrogen-bond acceptors (Lipinski definition) is 34. The molecule has 144 heavy (non-hydrogen) atoms. The minimum absolute atomic E-state index is 0. The predicted molar refractivity (Wildman–Crippen MR) is 529 cm³/mol. The SMILES string of the molecule is CC(C)(C)OC(=O)NC1CC(OS(C)(=O)=O)C1.CC(C)(C)OC(=O)NC1CC(n2ccc(C=O)n2)C1.CC(C)(C)OC(=O)NC1CC(n2ccc(C=O)n2)C1.CC(C)(C)OC(=O)NC1CC(n2ccc(CO)n2)C1.CCOC(C)=O.CO.CSF.Cl.NC1CC(n2ccc(CO)n2)C1.O=C(NC1CC(n2ccc(CO)n2)C1)c1cc(-c2ccccc2)on1.O=C(O)c1cc(-c2ccccc2)on1.O=Cc1ccn[nH]1. The molecule has 0 saturated heterocycles. The second kappa shape index (κ2) is 59.2. The number of aliphatic hydroxyl groups excluding tert-OH is 4. The number of ether oxygens (including phenoxy) is 5. The maximum atomic E-state index is 12.3. The van der Waals surface area contributed by atoms with E-state index in [2.05, 4.69) is 77.3 Å². The lowest BCUT2D eigenvalue weighted by atomic mass is 9.87. The van der Waals surface area contributed by atoms with Gasteiger partial charge in [0.05, 0.1) is 91.8 Å². The van der Waals surface area contributed by atoms with Crippen molar-refractivity contribution < 1.29 is 123 Å². The van der Waals surface area contributed by atoms with Crippen LogP contribution in [0.3, 0.4) is 0 Å². The lowest BCUT2D eigenvalue weighted by Crippen LogP contribution is -2.49. The zero-order valence-corrected chi connectivity index (χ0v) is 86.2. The number of nitrogens with zero attached hydrogens (tertiary/aromatic N) is 13. The van der Waals surface area contributed by atoms with Gasteiger partial charge in [-0.1, -0.05) is 71.0 Å². The summed E-state index contributed by atoms with van der Waals surface area (Å²) in [7, 11) is -2.41. The predicted octanol–water partition coefficient (Wildman–Crippen LogP) is 12.8. The van der Waals surface area contributed by atoms with Crippen molar-refractivity contribution in [3.63, 3.8) is 0 Å². The van der Waals surface area contributed by atoms with Crippen LogP contribution in [-0.4, -0.2) is 255 Å². The fraction of sp³-hybridized carbons (Fsp3) is 0.516. The molecule has 13 N–H and O–H groups in total. The van der Waals surface area contributed by atoms with Gasteiger partial charge in [-0.15, -0.1) is 12.4 Å². The van der Waals surface area contributed by atoms with E-state index in [9.17, 15) is 60.2 Å². The summed E-state index contributed by atoms with van der Waals surface area (Å²) in [6, 6.07) is 34.4. The molecule has 0 unspecified atom stereocenters. The number of nitrogens with two attached hydrogens (primary N) is 1. The highest BCUT2D eigenvalue weighted by molar-refractivity contribution is 7.93. The van der Waals surface area contributed by atoms with Crippen LogP contribution >= 0.6 is 24.6 Å². The van der Waals surface area contributed by atoms with Crippen LogP contribution in [0, 0.1) is 0 Å². The van der Waals surface area contributed by atoms with Crippen LogP contribution < -0.4 is 32.3 Å². The lowest BCUT2D eigenvalue weighted by Gasteiger charge is -2.36. The maximum absolute atomic E-state index is 12.3. The number of carboxylic acid groups (broad SMARTS) is 1. The number of carbonyl (C=O) groups is 10. The number of aromatic carboxylic acids is 1. The minimum Gasteiger partial charge on any atom is -0.476 e. The molecule has 10 aromatic rings. The second-order valence-electron chi connectivity index (χ2n) is 37.2. The summed E-state index contributed by atoms with van der Waals surface area (Å²) in [5.41, 5.74) is 9.04. The Morgan fingerprint density at radius 1 is 0.493 bits per heavy atom. The Morgan fingerprint density at radius 2 is 0.806 bits per heavy atom. The molecule has 16 rings (SSSR count). The van der Waals surface area contributed by atoms with E-state index >= 15 is 0 Å². The molecule has 6 aliphatic carbocycles. The molecule has 45 nitrogen and oxygen atoms in total. The number of carboxylic acids is 1. The number of amides is 5. The van der Waals surface area contributed by atoms with E-state index in [-0.39, 0.29) is 140 Å². The molecule has 6 fully saturated rings. The number of halogens is 2. The molecule has 6 saturated carbocycles. The van der Waals surface area contributed by atoms with E-state index in [4.69, 9.17) is 63.4 Å². The number of hydrogen-bond donors (Lipinski definition) is 12. The fourth-order valence-electron chi connectivity index (χ4n) is 13.7. The Hall–Kier alpha value is -13.1. The van der Waals surface area contributed by atoms with Gasteiger partial charge in [-0.3, -0.25) is 56.7 Å². The monoisotopic (exact) mass is 2070 g/mol. The van der Waals surface area contributed by atoms with Gasteiger partial charge in [-0.2, -0.15) is 42.9 Å². The summed E-state index contributed by atoms with van der Waals surface area (Å²) in [6.07, 6.45) is 22.9. The molecular formula is C95H136ClFN20O25S2. The Bertz CT molecular complexity index is 5550. The van der Waals surface area contributed by atoms with Gasteiger partial charge in [0.1, 0.15) is 33.8 Å². The molecule has 0 atom stereocenters. The molecule has 0 spiro atoms. The van der Waals surface area contributed by atoms with Crippen LogP contribution in [-0.2, 0) is 62.6 Å². The Balaban J connectivity index is 0.000000289. The van der Waals surface area contributed by atoms with E-state index in [0.29, 0.717) is 83.9 Å². The topological polar surface area (TPSA) is 617 Å². The van der Waals surface area contributed by atoms with Gasteiger partial charge in [0.15, 0.2) is 41.8 Å². The van der Waals surface area contributed by atoms with Gasteiger partial charge in [0.25, 0.3) is 16.0 Å². The molecule has 49 heteroatoms. The number of nitrogens with one attached hydrogen (secondary N) is 6. The first-order valence-electron chi connectivity index (χ1n) is 45.9. The number of aliphatic hydroxyl groups is 4. The fourth-order valence-corrected chi connectivity index (χ4v) is 14.4. The molecule has 8 heterocycles. The molecule has 5 amide bonds. The van der Waals surface area contributed by atoms with Crippen molar-refractivity contribution in [3.8, 4) is 22.6 Å². The molecule has 0 radical (unpaired) electrons. The van der Waals surface area contributed by atoms with E-state index in [1.165, 1.54) is 25.4 Å². The second-order valence-corrected chi connectivity index (χ2v) is 39.1. The van der Waals surface area contributed by atoms with Crippen molar-refractivity contribution in [2.24, 2.45) is 5.73 Å². The number of alkyl carbamates (subject to hydrolysis) is 4. The highest BCUT2D eigenvalue weighted by Gasteiger charge is 2.39. The van der Waals surface area contributed by atoms with Crippen LogP contribution in [0.2, 0.25) is 0 Å². The number of benzene rings is 2. The van der Waals surface area contributed by atoms with Crippen LogP contribution in [0.4, 0.5) is 23.1 Å². The molecular weight excluding hydrogens is 1940 g/mol. The number of H-pyrrole nitrogens is 1. The van der Waals surface area contributed by atoms with Crippen molar-refractivity contribution >= 4 is 95.8 Å². The van der Waals surface area contributed by atoms with E-state index in [1.807, 2.05) is 162 Å². The van der Waals surface area contributed by atoms with Crippen LogP contribution in [0.25, 0.3) is 22.6 Å². The number of esters is 1. The zero-order valence-electron chi connectivity index (χ0n) is 83.7. The normalized spacial score (nSPS) is 19.5. The Kier molecular flexibility index (Phi) is 49.9. The Labute approximate surface area is 845 Å². The van der Waals surface area contributed by atoms with Crippen LogP contribution in [0.5, 0.6) is 0 Å². The van der Waals surface area contributed by atoms with Gasteiger partial charge in [0.2, 0.25) is 0 Å². The average molecular weight is 2080 g/mol. The number of rotatable bonds is 23. The molecule has 6 aliphatic rings. The summed E-state index contributed by atoms with van der Waals surface area (Å²) < 4.78 is 80.9. The quantitative estimate of drug-likeness (QED) is 0.0122. The van der Waals surface area contributed by atoms with Crippen LogP contribution in [0.15, 0.2) is 155 Å². The van der Waals surface area contributed by atoms with Gasteiger partial charge in [-0.05, 0) is 203 Å². The van der Waals surface area contributed by atoms with E-state index < -0.39 is 44.6 Å². The van der Waals surface area contributed by atoms with Gasteiger partial charge in [-0.25, -0.2) is 24.0 Å². The van der Waals surface area contributed by atoms with Gasteiger partial charge in [0, 0.05) is 129 Å². The highest BCUT2D eigenvalue weighted by atomic mass is 35.5. The molecule has 0 bridgehead atoms.